The Hall–Kier alpha value is 0.0800. The Kier molecular flexibility index (Phi) is 8.15. The van der Waals surface area contributed by atoms with E-state index < -0.39 is 0 Å². The van der Waals surface area contributed by atoms with Crippen molar-refractivity contribution in [2.45, 2.75) is 25.7 Å². The summed E-state index contributed by atoms with van der Waals surface area (Å²) in [7, 11) is 0. The average molecular weight is 192 g/mol. The molecule has 54 valence electrons. The van der Waals surface area contributed by atoms with Crippen LogP contribution in [0, 0.1) is 0 Å². The van der Waals surface area contributed by atoms with E-state index in [1.807, 2.05) is 0 Å². The van der Waals surface area contributed by atoms with Crippen LogP contribution in [-0.4, -0.2) is 11.9 Å². The van der Waals surface area contributed by atoms with Crippen molar-refractivity contribution >= 4 is 15.9 Å². The van der Waals surface area contributed by atoms with E-state index in [1.54, 1.807) is 0 Å². The number of alkyl halides is 1. The second kappa shape index (κ2) is 8.08. The third-order valence-corrected chi connectivity index (χ3v) is 1.70. The highest BCUT2D eigenvalue weighted by molar-refractivity contribution is 9.09. The zero-order valence-corrected chi connectivity index (χ0v) is 7.10. The molecule has 2 nitrogen and oxygen atoms in total. The van der Waals surface area contributed by atoms with Crippen molar-refractivity contribution in [3.63, 3.8) is 0 Å². The fourth-order valence-corrected chi connectivity index (χ4v) is 1.03. The minimum Gasteiger partial charge on any atom is -0.712 e. The number of rotatable bonds is 6. The second-order valence-corrected chi connectivity index (χ2v) is 2.76. The Balaban J connectivity index is 2.66. The summed E-state index contributed by atoms with van der Waals surface area (Å²) < 4.78 is 0. The van der Waals surface area contributed by atoms with E-state index in [1.165, 1.54) is 19.3 Å². The van der Waals surface area contributed by atoms with E-state index in [9.17, 15) is 0 Å². The molecule has 0 spiro atoms. The van der Waals surface area contributed by atoms with Gasteiger partial charge in [-0.05, 0) is 12.8 Å². The van der Waals surface area contributed by atoms with Crippen LogP contribution in [0.1, 0.15) is 25.7 Å². The van der Waals surface area contributed by atoms with E-state index in [0.29, 0.717) is 6.54 Å². The molecule has 0 aliphatic heterocycles. The van der Waals surface area contributed by atoms with Gasteiger partial charge in [0.15, 0.2) is 0 Å². The normalized spacial score (nSPS) is 9.44. The van der Waals surface area contributed by atoms with Crippen molar-refractivity contribution in [2.24, 2.45) is 5.11 Å². The van der Waals surface area contributed by atoms with Crippen molar-refractivity contribution in [3.8, 4) is 0 Å². The Morgan fingerprint density at radius 2 is 1.78 bits per heavy atom. The molecule has 0 saturated carbocycles. The number of hydrogen-bond donors (Lipinski definition) is 0. The van der Waals surface area contributed by atoms with Gasteiger partial charge in [0.05, 0.1) is 0 Å². The highest BCUT2D eigenvalue weighted by Crippen LogP contribution is 2.01. The molecule has 0 aliphatic carbocycles. The maximum atomic E-state index is 8.04. The summed E-state index contributed by atoms with van der Waals surface area (Å²) in [6, 6.07) is 0. The lowest BCUT2D eigenvalue weighted by Crippen LogP contribution is -1.81. The van der Waals surface area contributed by atoms with Crippen LogP contribution >= 0.6 is 15.9 Å². The van der Waals surface area contributed by atoms with Crippen molar-refractivity contribution in [1.29, 1.82) is 0 Å². The summed E-state index contributed by atoms with van der Waals surface area (Å²) in [6.07, 6.45) is 4.66. The van der Waals surface area contributed by atoms with Crippen molar-refractivity contribution in [1.82, 2.24) is 0 Å². The zero-order chi connectivity index (χ0) is 6.95. The molecule has 0 aromatic heterocycles. The molecule has 0 unspecified atom stereocenters. The van der Waals surface area contributed by atoms with Crippen LogP contribution in [0.15, 0.2) is 5.11 Å². The van der Waals surface area contributed by atoms with Gasteiger partial charge in [0.1, 0.15) is 0 Å². The van der Waals surface area contributed by atoms with Gasteiger partial charge >= 0.3 is 0 Å². The summed E-state index contributed by atoms with van der Waals surface area (Å²) in [5, 5.41) is 4.11. The molecule has 0 aliphatic rings. The third kappa shape index (κ3) is 8.08. The van der Waals surface area contributed by atoms with Gasteiger partial charge < -0.3 is 10.6 Å². The van der Waals surface area contributed by atoms with E-state index in [-0.39, 0.29) is 0 Å². The quantitative estimate of drug-likeness (QED) is 0.352. The van der Waals surface area contributed by atoms with Crippen LogP contribution in [0.25, 0.3) is 5.53 Å². The fraction of sp³-hybridized carbons (Fsp3) is 1.00. The summed E-state index contributed by atoms with van der Waals surface area (Å²) in [5.41, 5.74) is 8.04. The van der Waals surface area contributed by atoms with Gasteiger partial charge in [0.25, 0.3) is 0 Å². The lowest BCUT2D eigenvalue weighted by Gasteiger charge is -1.96. The van der Waals surface area contributed by atoms with E-state index >= 15 is 0 Å². The van der Waals surface area contributed by atoms with Gasteiger partial charge in [0.2, 0.25) is 0 Å². The maximum Gasteiger partial charge on any atom is 0.0151 e. The summed E-state index contributed by atoms with van der Waals surface area (Å²) in [6.45, 7) is 0.599. The molecule has 0 heterocycles. The number of nitrogens with zero attached hydrogens (tertiary/aromatic N) is 2. The molecule has 0 aromatic rings. The highest BCUT2D eigenvalue weighted by atomic mass is 79.9. The van der Waals surface area contributed by atoms with Crippen LogP contribution in [-0.2, 0) is 0 Å². The Morgan fingerprint density at radius 1 is 1.11 bits per heavy atom. The first-order valence-corrected chi connectivity index (χ1v) is 4.40. The van der Waals surface area contributed by atoms with Crippen molar-refractivity contribution < 1.29 is 0 Å². The smallest absolute Gasteiger partial charge is 0.0151 e. The van der Waals surface area contributed by atoms with Crippen LogP contribution in [0.3, 0.4) is 0 Å². The lowest BCUT2D eigenvalue weighted by molar-refractivity contribution is 0.678. The third-order valence-electron chi connectivity index (χ3n) is 1.14. The fourth-order valence-electron chi connectivity index (χ4n) is 0.631. The standard InChI is InChI=1S/C6H12BrN2/c7-5-3-1-2-4-6-9-8/h1-6H2/q-1. The highest BCUT2D eigenvalue weighted by Gasteiger charge is 1.84. The second-order valence-electron chi connectivity index (χ2n) is 1.97. The van der Waals surface area contributed by atoms with E-state index in [2.05, 4.69) is 21.0 Å². The Labute approximate surface area is 64.7 Å². The first-order chi connectivity index (χ1) is 4.41. The van der Waals surface area contributed by atoms with Gasteiger partial charge in [-0.3, -0.25) is 0 Å². The first-order valence-electron chi connectivity index (χ1n) is 3.28. The molecule has 0 N–H and O–H groups in total. The van der Waals surface area contributed by atoms with Gasteiger partial charge in [-0.1, -0.05) is 28.8 Å². The molecular weight excluding hydrogens is 180 g/mol. The minimum absolute atomic E-state index is 0.599. The monoisotopic (exact) mass is 191 g/mol. The molecule has 0 rings (SSSR count). The molecule has 0 aromatic carbocycles. The van der Waals surface area contributed by atoms with Gasteiger partial charge in [0, 0.05) is 11.9 Å². The van der Waals surface area contributed by atoms with Gasteiger partial charge in [-0.2, -0.15) is 0 Å². The molecule has 0 radical (unpaired) electrons. The number of halogens is 1. The Morgan fingerprint density at radius 3 is 2.33 bits per heavy atom. The average Bonchev–Trinajstić information content (AvgIpc) is 1.89. The van der Waals surface area contributed by atoms with Crippen LogP contribution in [0.2, 0.25) is 0 Å². The lowest BCUT2D eigenvalue weighted by atomic mass is 10.2. The van der Waals surface area contributed by atoms with Crippen LogP contribution in [0.5, 0.6) is 0 Å². The number of unbranched alkanes of at least 4 members (excludes halogenated alkanes) is 3. The predicted molar refractivity (Wildman–Crippen MR) is 42.9 cm³/mol. The largest absolute Gasteiger partial charge is 0.712 e. The first kappa shape index (κ1) is 9.08. The van der Waals surface area contributed by atoms with Crippen LogP contribution < -0.4 is 0 Å². The summed E-state index contributed by atoms with van der Waals surface area (Å²) in [5.74, 6) is 0. The molecule has 9 heavy (non-hydrogen) atoms. The topological polar surface area (TPSA) is 34.7 Å². The van der Waals surface area contributed by atoms with E-state index in [0.717, 1.165) is 11.8 Å². The minimum atomic E-state index is 0.599. The summed E-state index contributed by atoms with van der Waals surface area (Å²) >= 11 is 3.35. The molecule has 0 saturated heterocycles. The molecule has 0 bridgehead atoms. The van der Waals surface area contributed by atoms with Crippen LogP contribution in [0.4, 0.5) is 0 Å². The molecule has 0 atom stereocenters. The molecule has 0 fully saturated rings. The van der Waals surface area contributed by atoms with Crippen molar-refractivity contribution in [3.05, 3.63) is 5.53 Å². The van der Waals surface area contributed by atoms with E-state index in [4.69, 9.17) is 5.53 Å². The SMILES string of the molecule is [N-]=NCCCCCCBr. The molecular formula is C6H12BrN2-. The zero-order valence-electron chi connectivity index (χ0n) is 5.52. The number of hydrogen-bond acceptors (Lipinski definition) is 1. The van der Waals surface area contributed by atoms with Gasteiger partial charge in [-0.25, -0.2) is 0 Å². The summed E-state index contributed by atoms with van der Waals surface area (Å²) in [4.78, 5) is 0. The maximum absolute atomic E-state index is 8.04. The van der Waals surface area contributed by atoms with Crippen molar-refractivity contribution in [2.75, 3.05) is 11.9 Å². The molecule has 3 heteroatoms. The predicted octanol–water partition coefficient (Wildman–Crippen LogP) is 2.96. The van der Waals surface area contributed by atoms with Gasteiger partial charge in [-0.15, -0.1) is 0 Å². The Bertz CT molecular complexity index is 66.1. The molecule has 0 amide bonds.